The molecule has 0 spiro atoms. The third-order valence-corrected chi connectivity index (χ3v) is 5.22. The Morgan fingerprint density at radius 3 is 2.52 bits per heavy atom. The molecule has 4 rings (SSSR count). The van der Waals surface area contributed by atoms with E-state index in [0.29, 0.717) is 17.9 Å². The average Bonchev–Trinajstić information content (AvgIpc) is 3.05. The second kappa shape index (κ2) is 7.27. The van der Waals surface area contributed by atoms with E-state index in [1.807, 2.05) is 0 Å². The minimum Gasteiger partial charge on any atom is -0.482 e. The van der Waals surface area contributed by atoms with Gasteiger partial charge in [-0.1, -0.05) is 34.8 Å². The highest BCUT2D eigenvalue weighted by atomic mass is 35.5. The molecule has 152 valence electrons. The number of alkyl halides is 3. The summed E-state index contributed by atoms with van der Waals surface area (Å²) in [5.41, 5.74) is -0.412. The van der Waals surface area contributed by atoms with Crippen LogP contribution in [0.3, 0.4) is 0 Å². The Bertz CT molecular complexity index is 1050. The molecule has 1 fully saturated rings. The number of morpholine rings is 1. The van der Waals surface area contributed by atoms with Gasteiger partial charge in [-0.2, -0.15) is 18.3 Å². The quantitative estimate of drug-likeness (QED) is 0.660. The third kappa shape index (κ3) is 3.84. The fourth-order valence-electron chi connectivity index (χ4n) is 3.19. The first-order valence-corrected chi connectivity index (χ1v) is 9.44. The summed E-state index contributed by atoms with van der Waals surface area (Å²) in [4.78, 5) is 11.6. The number of carbonyl (C=O) groups excluding carboxylic acids is 1. The number of allylic oxidation sites excluding steroid dienone is 2. The highest BCUT2D eigenvalue weighted by molar-refractivity contribution is 6.40. The van der Waals surface area contributed by atoms with Crippen LogP contribution in [0.2, 0.25) is 15.1 Å². The SMILES string of the molecule is O=C1COC2=CCC(c3cc(C(F)(F)F)nn3-c3c(Cl)cc(Cl)cc3Cl)C=C2N1. The van der Waals surface area contributed by atoms with Crippen LogP contribution < -0.4 is 5.32 Å². The molecule has 1 amide bonds. The molecular weight excluding hydrogens is 454 g/mol. The zero-order valence-corrected chi connectivity index (χ0v) is 16.6. The lowest BCUT2D eigenvalue weighted by Crippen LogP contribution is -2.35. The minimum atomic E-state index is -4.67. The second-order valence-corrected chi connectivity index (χ2v) is 7.66. The standard InChI is InChI=1S/C18H11Cl3F3N3O2/c19-9-4-10(20)17(11(21)5-9)27-13(6-15(26-27)18(22,23)24)8-1-2-14-12(3-8)25-16(28)7-29-14/h2-6,8H,1,7H2,(H,25,28). The average molecular weight is 465 g/mol. The number of hydrogen-bond acceptors (Lipinski definition) is 3. The molecular formula is C18H11Cl3F3N3O2. The molecule has 1 atom stereocenters. The molecule has 0 radical (unpaired) electrons. The summed E-state index contributed by atoms with van der Waals surface area (Å²) >= 11 is 18.4. The van der Waals surface area contributed by atoms with Crippen LogP contribution in [0.4, 0.5) is 13.2 Å². The lowest BCUT2D eigenvalue weighted by atomic mass is 9.94. The number of nitrogens with zero attached hydrogens (tertiary/aromatic N) is 2. The lowest BCUT2D eigenvalue weighted by Gasteiger charge is -2.26. The maximum Gasteiger partial charge on any atom is 0.435 e. The monoisotopic (exact) mass is 463 g/mol. The van der Waals surface area contributed by atoms with Gasteiger partial charge in [-0.25, -0.2) is 4.68 Å². The van der Waals surface area contributed by atoms with Crippen LogP contribution in [-0.4, -0.2) is 22.3 Å². The first-order valence-electron chi connectivity index (χ1n) is 8.30. The van der Waals surface area contributed by atoms with Crippen LogP contribution in [0.15, 0.2) is 41.8 Å². The summed E-state index contributed by atoms with van der Waals surface area (Å²) in [7, 11) is 0. The van der Waals surface area contributed by atoms with Gasteiger partial charge in [-0.15, -0.1) is 0 Å². The number of rotatable bonds is 2. The van der Waals surface area contributed by atoms with E-state index in [0.717, 1.165) is 10.7 Å². The predicted octanol–water partition coefficient (Wildman–Crippen LogP) is 5.25. The summed E-state index contributed by atoms with van der Waals surface area (Å²) in [6, 6.07) is 3.68. The van der Waals surface area contributed by atoms with E-state index in [-0.39, 0.29) is 39.0 Å². The number of carbonyl (C=O) groups is 1. The largest absolute Gasteiger partial charge is 0.482 e. The number of aromatic nitrogens is 2. The molecule has 2 aromatic rings. The molecule has 1 unspecified atom stereocenters. The van der Waals surface area contributed by atoms with Gasteiger partial charge in [0, 0.05) is 10.9 Å². The first kappa shape index (κ1) is 20.1. The molecule has 1 aromatic carbocycles. The van der Waals surface area contributed by atoms with Gasteiger partial charge in [0.15, 0.2) is 12.3 Å². The van der Waals surface area contributed by atoms with Gasteiger partial charge in [0.2, 0.25) is 0 Å². The minimum absolute atomic E-state index is 0.0505. The van der Waals surface area contributed by atoms with E-state index >= 15 is 0 Å². The van der Waals surface area contributed by atoms with Crippen LogP contribution >= 0.6 is 34.8 Å². The molecule has 1 aliphatic heterocycles. The van der Waals surface area contributed by atoms with Crippen molar-refractivity contribution in [3.63, 3.8) is 0 Å². The fraction of sp³-hybridized carbons (Fsp3) is 0.222. The lowest BCUT2D eigenvalue weighted by molar-refractivity contribution is -0.141. The van der Waals surface area contributed by atoms with E-state index in [2.05, 4.69) is 10.4 Å². The van der Waals surface area contributed by atoms with Crippen molar-refractivity contribution >= 4 is 40.7 Å². The summed E-state index contributed by atoms with van der Waals surface area (Å²) in [5.74, 6) is -0.407. The zero-order chi connectivity index (χ0) is 20.9. The molecule has 1 aromatic heterocycles. The van der Waals surface area contributed by atoms with Crippen LogP contribution in [0.1, 0.15) is 23.7 Å². The molecule has 5 nitrogen and oxygen atoms in total. The first-order chi connectivity index (χ1) is 13.6. The topological polar surface area (TPSA) is 56.1 Å². The van der Waals surface area contributed by atoms with Crippen LogP contribution in [0.25, 0.3) is 5.69 Å². The van der Waals surface area contributed by atoms with Crippen LogP contribution in [-0.2, 0) is 15.7 Å². The van der Waals surface area contributed by atoms with E-state index in [4.69, 9.17) is 39.5 Å². The van der Waals surface area contributed by atoms with E-state index in [1.165, 1.54) is 12.1 Å². The predicted molar refractivity (Wildman–Crippen MR) is 101 cm³/mol. The Kier molecular flexibility index (Phi) is 5.04. The molecule has 1 aliphatic carbocycles. The van der Waals surface area contributed by atoms with Gasteiger partial charge in [0.25, 0.3) is 5.91 Å². The van der Waals surface area contributed by atoms with Gasteiger partial charge in [0.1, 0.15) is 11.4 Å². The Balaban J connectivity index is 1.85. The molecule has 1 saturated heterocycles. The van der Waals surface area contributed by atoms with Crippen molar-refractivity contribution in [1.29, 1.82) is 0 Å². The van der Waals surface area contributed by atoms with Gasteiger partial charge in [-0.3, -0.25) is 4.79 Å². The smallest absolute Gasteiger partial charge is 0.435 e. The Morgan fingerprint density at radius 2 is 1.86 bits per heavy atom. The molecule has 0 bridgehead atoms. The molecule has 1 N–H and O–H groups in total. The van der Waals surface area contributed by atoms with Crippen molar-refractivity contribution in [1.82, 2.24) is 15.1 Å². The summed E-state index contributed by atoms with van der Waals surface area (Å²) in [6.07, 6.45) is -1.01. The summed E-state index contributed by atoms with van der Waals surface area (Å²) < 4.78 is 46.5. The molecule has 2 heterocycles. The Hall–Kier alpha value is -2.16. The van der Waals surface area contributed by atoms with E-state index < -0.39 is 17.8 Å². The number of benzene rings is 1. The third-order valence-electron chi connectivity index (χ3n) is 4.42. The highest BCUT2D eigenvalue weighted by Crippen LogP contribution is 2.39. The molecule has 2 aliphatic rings. The van der Waals surface area contributed by atoms with Gasteiger partial charge >= 0.3 is 6.18 Å². The maximum atomic E-state index is 13.4. The number of ether oxygens (including phenoxy) is 1. The number of amides is 1. The zero-order valence-electron chi connectivity index (χ0n) is 14.4. The Morgan fingerprint density at radius 1 is 1.17 bits per heavy atom. The van der Waals surface area contributed by atoms with E-state index in [1.54, 1.807) is 12.2 Å². The second-order valence-electron chi connectivity index (χ2n) is 6.41. The number of fused-ring (bicyclic) bond motifs is 1. The van der Waals surface area contributed by atoms with Crippen molar-refractivity contribution in [2.24, 2.45) is 0 Å². The molecule has 11 heteroatoms. The Labute approximate surface area is 177 Å². The molecule has 0 saturated carbocycles. The van der Waals surface area contributed by atoms with Crippen molar-refractivity contribution in [2.75, 3.05) is 6.61 Å². The summed E-state index contributed by atoms with van der Waals surface area (Å²) in [5, 5.41) is 6.70. The summed E-state index contributed by atoms with van der Waals surface area (Å²) in [6.45, 7) is -0.111. The number of halogens is 6. The van der Waals surface area contributed by atoms with Crippen LogP contribution in [0.5, 0.6) is 0 Å². The van der Waals surface area contributed by atoms with Crippen molar-refractivity contribution in [3.05, 3.63) is 68.3 Å². The van der Waals surface area contributed by atoms with Crippen LogP contribution in [0, 0.1) is 0 Å². The van der Waals surface area contributed by atoms with Crippen molar-refractivity contribution in [2.45, 2.75) is 18.5 Å². The van der Waals surface area contributed by atoms with Gasteiger partial charge in [-0.05, 0) is 36.8 Å². The van der Waals surface area contributed by atoms with E-state index in [9.17, 15) is 18.0 Å². The fourth-order valence-corrected chi connectivity index (χ4v) is 4.16. The van der Waals surface area contributed by atoms with Crippen molar-refractivity contribution < 1.29 is 22.7 Å². The highest BCUT2D eigenvalue weighted by Gasteiger charge is 2.37. The van der Waals surface area contributed by atoms with Crippen molar-refractivity contribution in [3.8, 4) is 5.69 Å². The maximum absolute atomic E-state index is 13.4. The van der Waals surface area contributed by atoms with Gasteiger partial charge < -0.3 is 10.1 Å². The molecule has 29 heavy (non-hydrogen) atoms. The van der Waals surface area contributed by atoms with Gasteiger partial charge in [0.05, 0.1) is 21.4 Å². The number of nitrogens with one attached hydrogen (secondary N) is 1. The normalized spacial score (nSPS) is 19.1. The number of hydrogen-bond donors (Lipinski definition) is 1.